The average molecular weight is 335 g/mol. The molecule has 1 fully saturated rings. The van der Waals surface area contributed by atoms with Crippen LogP contribution in [0.2, 0.25) is 0 Å². The van der Waals surface area contributed by atoms with Gasteiger partial charge in [-0.1, -0.05) is 13.8 Å². The summed E-state index contributed by atoms with van der Waals surface area (Å²) in [5.41, 5.74) is 1.07. The summed E-state index contributed by atoms with van der Waals surface area (Å²) in [5, 5.41) is 2.66. The number of alkyl carbamates (subject to hydrolysis) is 1. The first-order chi connectivity index (χ1) is 11.3. The van der Waals surface area contributed by atoms with Crippen LogP contribution in [0.3, 0.4) is 0 Å². The SMILES string of the molecule is CC.Cc1ccc(N2CCCC(NC(=O)OC(C)(C)C)C2=O)cn1. The topological polar surface area (TPSA) is 71.5 Å². The fourth-order valence-corrected chi connectivity index (χ4v) is 2.34. The number of carbonyl (C=O) groups is 2. The Kier molecular flexibility index (Phi) is 7.19. The molecule has 1 aromatic heterocycles. The van der Waals surface area contributed by atoms with Crippen LogP contribution in [0.1, 0.15) is 53.2 Å². The predicted octanol–water partition coefficient (Wildman–Crippen LogP) is 3.44. The highest BCUT2D eigenvalue weighted by atomic mass is 16.6. The van der Waals surface area contributed by atoms with E-state index >= 15 is 0 Å². The van der Waals surface area contributed by atoms with Crippen LogP contribution >= 0.6 is 0 Å². The van der Waals surface area contributed by atoms with Crippen molar-refractivity contribution in [3.05, 3.63) is 24.0 Å². The number of aromatic nitrogens is 1. The minimum absolute atomic E-state index is 0.122. The van der Waals surface area contributed by atoms with Gasteiger partial charge in [0.1, 0.15) is 11.6 Å². The van der Waals surface area contributed by atoms with E-state index in [9.17, 15) is 9.59 Å². The minimum atomic E-state index is -0.581. The molecule has 0 aliphatic carbocycles. The summed E-state index contributed by atoms with van der Waals surface area (Å²) in [5.74, 6) is -0.122. The summed E-state index contributed by atoms with van der Waals surface area (Å²) < 4.78 is 5.21. The normalized spacial score (nSPS) is 17.7. The molecule has 6 heteroatoms. The molecule has 1 N–H and O–H groups in total. The number of nitrogens with zero attached hydrogens (tertiary/aromatic N) is 2. The number of nitrogens with one attached hydrogen (secondary N) is 1. The fraction of sp³-hybridized carbons (Fsp3) is 0.611. The fourth-order valence-electron chi connectivity index (χ4n) is 2.34. The van der Waals surface area contributed by atoms with Gasteiger partial charge in [0.2, 0.25) is 5.91 Å². The Labute approximate surface area is 144 Å². The molecule has 1 saturated heterocycles. The number of piperidine rings is 1. The molecule has 0 bridgehead atoms. The number of amides is 2. The van der Waals surface area contributed by atoms with Crippen LogP contribution in [0.5, 0.6) is 0 Å². The minimum Gasteiger partial charge on any atom is -0.444 e. The van der Waals surface area contributed by atoms with Crippen molar-refractivity contribution in [1.29, 1.82) is 0 Å². The first kappa shape index (κ1) is 19.9. The first-order valence-corrected chi connectivity index (χ1v) is 8.50. The molecule has 0 saturated carbocycles. The quantitative estimate of drug-likeness (QED) is 0.899. The van der Waals surface area contributed by atoms with E-state index < -0.39 is 17.7 Å². The third-order valence-electron chi connectivity index (χ3n) is 3.34. The lowest BCUT2D eigenvalue weighted by molar-refractivity contribution is -0.121. The summed E-state index contributed by atoms with van der Waals surface area (Å²) >= 11 is 0. The molecule has 1 unspecified atom stereocenters. The molecule has 1 aromatic rings. The van der Waals surface area contributed by atoms with Crippen LogP contribution < -0.4 is 10.2 Å². The molecule has 6 nitrogen and oxygen atoms in total. The largest absolute Gasteiger partial charge is 0.444 e. The summed E-state index contributed by atoms with van der Waals surface area (Å²) in [7, 11) is 0. The molecule has 2 heterocycles. The van der Waals surface area contributed by atoms with Crippen molar-refractivity contribution in [2.45, 2.75) is 66.0 Å². The molecule has 0 radical (unpaired) electrons. The average Bonchev–Trinajstić information content (AvgIpc) is 2.51. The number of rotatable bonds is 2. The van der Waals surface area contributed by atoms with Gasteiger partial charge in [0.05, 0.1) is 11.9 Å². The van der Waals surface area contributed by atoms with Gasteiger partial charge in [-0.2, -0.15) is 0 Å². The van der Waals surface area contributed by atoms with Crippen LogP contribution in [0.25, 0.3) is 0 Å². The van der Waals surface area contributed by atoms with Gasteiger partial charge in [0, 0.05) is 12.2 Å². The highest BCUT2D eigenvalue weighted by Gasteiger charge is 2.32. The van der Waals surface area contributed by atoms with E-state index in [1.807, 2.05) is 32.9 Å². The van der Waals surface area contributed by atoms with E-state index in [4.69, 9.17) is 4.74 Å². The predicted molar refractivity (Wildman–Crippen MR) is 95.1 cm³/mol. The van der Waals surface area contributed by atoms with E-state index in [1.165, 1.54) is 0 Å². The van der Waals surface area contributed by atoms with Gasteiger partial charge in [0.25, 0.3) is 0 Å². The van der Waals surface area contributed by atoms with Crippen LogP contribution in [0.15, 0.2) is 18.3 Å². The Morgan fingerprint density at radius 2 is 2.00 bits per heavy atom. The van der Waals surface area contributed by atoms with Crippen molar-refractivity contribution in [2.75, 3.05) is 11.4 Å². The second-order valence-electron chi connectivity index (χ2n) is 6.49. The van der Waals surface area contributed by atoms with Crippen LogP contribution in [-0.2, 0) is 9.53 Å². The second kappa shape index (κ2) is 8.66. The third-order valence-corrected chi connectivity index (χ3v) is 3.34. The second-order valence-corrected chi connectivity index (χ2v) is 6.49. The van der Waals surface area contributed by atoms with Gasteiger partial charge in [0.15, 0.2) is 0 Å². The van der Waals surface area contributed by atoms with Gasteiger partial charge in [-0.25, -0.2) is 4.79 Å². The lowest BCUT2D eigenvalue weighted by Gasteiger charge is -2.33. The van der Waals surface area contributed by atoms with Crippen molar-refractivity contribution in [3.8, 4) is 0 Å². The van der Waals surface area contributed by atoms with Gasteiger partial charge in [-0.15, -0.1) is 0 Å². The molecule has 0 spiro atoms. The van der Waals surface area contributed by atoms with Crippen LogP contribution in [0.4, 0.5) is 10.5 Å². The standard InChI is InChI=1S/C16H23N3O3.C2H6/c1-11-7-8-12(10-17-11)19-9-5-6-13(14(19)20)18-15(21)22-16(2,3)4;1-2/h7-8,10,13H,5-6,9H2,1-4H3,(H,18,21);1-2H3. The van der Waals surface area contributed by atoms with Gasteiger partial charge in [-0.3, -0.25) is 9.78 Å². The number of pyridine rings is 1. The Balaban J connectivity index is 0.00000139. The maximum Gasteiger partial charge on any atom is 0.408 e. The van der Waals surface area contributed by atoms with E-state index in [0.29, 0.717) is 13.0 Å². The zero-order chi connectivity index (χ0) is 18.3. The smallest absolute Gasteiger partial charge is 0.408 e. The van der Waals surface area contributed by atoms with Gasteiger partial charge in [-0.05, 0) is 52.7 Å². The number of anilines is 1. The highest BCUT2D eigenvalue weighted by Crippen LogP contribution is 2.21. The van der Waals surface area contributed by atoms with E-state index in [-0.39, 0.29) is 5.91 Å². The summed E-state index contributed by atoms with van der Waals surface area (Å²) in [6.45, 7) is 11.9. The van der Waals surface area contributed by atoms with E-state index in [1.54, 1.807) is 31.9 Å². The molecule has 24 heavy (non-hydrogen) atoms. The zero-order valence-electron chi connectivity index (χ0n) is 15.5. The number of hydrogen-bond donors (Lipinski definition) is 1. The van der Waals surface area contributed by atoms with Gasteiger partial charge < -0.3 is 15.0 Å². The molecule has 1 aliphatic rings. The van der Waals surface area contributed by atoms with Crippen molar-refractivity contribution < 1.29 is 14.3 Å². The van der Waals surface area contributed by atoms with E-state index in [2.05, 4.69) is 10.3 Å². The molecule has 2 rings (SSSR count). The molecular weight excluding hydrogens is 306 g/mol. The molecule has 1 aliphatic heterocycles. The Morgan fingerprint density at radius 3 is 2.54 bits per heavy atom. The maximum absolute atomic E-state index is 12.5. The molecule has 1 atom stereocenters. The monoisotopic (exact) mass is 335 g/mol. The van der Waals surface area contributed by atoms with Crippen molar-refractivity contribution in [2.24, 2.45) is 0 Å². The summed E-state index contributed by atoms with van der Waals surface area (Å²) in [4.78, 5) is 30.3. The lowest BCUT2D eigenvalue weighted by atomic mass is 10.0. The zero-order valence-corrected chi connectivity index (χ0v) is 15.5. The Bertz CT molecular complexity index is 550. The third kappa shape index (κ3) is 5.83. The Morgan fingerprint density at radius 1 is 1.33 bits per heavy atom. The van der Waals surface area contributed by atoms with Crippen LogP contribution in [-0.4, -0.2) is 35.2 Å². The summed E-state index contributed by atoms with van der Waals surface area (Å²) in [6, 6.07) is 3.19. The summed E-state index contributed by atoms with van der Waals surface area (Å²) in [6.07, 6.45) is 2.56. The van der Waals surface area contributed by atoms with Gasteiger partial charge >= 0.3 is 6.09 Å². The number of hydrogen-bond acceptors (Lipinski definition) is 4. The van der Waals surface area contributed by atoms with E-state index in [0.717, 1.165) is 17.8 Å². The number of carbonyl (C=O) groups excluding carboxylic acids is 2. The van der Waals surface area contributed by atoms with Crippen molar-refractivity contribution in [1.82, 2.24) is 10.3 Å². The molecular formula is C18H29N3O3. The molecule has 134 valence electrons. The number of aryl methyl sites for hydroxylation is 1. The lowest BCUT2D eigenvalue weighted by Crippen LogP contribution is -2.53. The Hall–Kier alpha value is -2.11. The first-order valence-electron chi connectivity index (χ1n) is 8.50. The highest BCUT2D eigenvalue weighted by molar-refractivity contribution is 5.99. The van der Waals surface area contributed by atoms with Crippen molar-refractivity contribution in [3.63, 3.8) is 0 Å². The number of ether oxygens (including phenoxy) is 1. The van der Waals surface area contributed by atoms with Crippen molar-refractivity contribution >= 4 is 17.7 Å². The molecule has 0 aromatic carbocycles. The van der Waals surface area contributed by atoms with Crippen LogP contribution in [0, 0.1) is 6.92 Å². The maximum atomic E-state index is 12.5. The molecule has 2 amide bonds.